The first-order valence-corrected chi connectivity index (χ1v) is 12.2. The average molecular weight is 453 g/mol. The summed E-state index contributed by atoms with van der Waals surface area (Å²) in [6.07, 6.45) is 0.683. The van der Waals surface area contributed by atoms with Gasteiger partial charge in [0.15, 0.2) is 0 Å². The lowest BCUT2D eigenvalue weighted by atomic mass is 10.1. The number of carbonyl (C=O) groups is 1. The summed E-state index contributed by atoms with van der Waals surface area (Å²) in [5.74, 6) is -0.117. The second kappa shape index (κ2) is 8.78. The summed E-state index contributed by atoms with van der Waals surface area (Å²) < 4.78 is 29.9. The molecule has 0 radical (unpaired) electrons. The number of hydrogen-bond acceptors (Lipinski definition) is 4. The molecule has 0 saturated heterocycles. The van der Waals surface area contributed by atoms with Gasteiger partial charge in [-0.1, -0.05) is 31.2 Å². The number of benzene rings is 2. The number of aryl methyl sites for hydroxylation is 2. The van der Waals surface area contributed by atoms with Crippen LogP contribution in [0.2, 0.25) is 0 Å². The summed E-state index contributed by atoms with van der Waals surface area (Å²) in [4.78, 5) is 12.9. The number of rotatable bonds is 7. The second-order valence-electron chi connectivity index (χ2n) is 8.41. The van der Waals surface area contributed by atoms with Crippen molar-refractivity contribution >= 4 is 21.6 Å². The van der Waals surface area contributed by atoms with Crippen LogP contribution in [0.1, 0.15) is 34.2 Å². The Morgan fingerprint density at radius 2 is 1.91 bits per heavy atom. The maximum absolute atomic E-state index is 13.3. The number of sulfonamides is 1. The van der Waals surface area contributed by atoms with E-state index in [1.54, 1.807) is 18.2 Å². The number of nitrogens with zero attached hydrogens (tertiary/aromatic N) is 3. The van der Waals surface area contributed by atoms with Crippen LogP contribution in [0.5, 0.6) is 0 Å². The number of aromatic nitrogens is 2. The van der Waals surface area contributed by atoms with E-state index in [2.05, 4.69) is 10.4 Å². The van der Waals surface area contributed by atoms with Gasteiger partial charge < -0.3 is 5.32 Å². The van der Waals surface area contributed by atoms with E-state index < -0.39 is 10.0 Å². The number of hydrogen-bond donors (Lipinski definition) is 1. The maximum Gasteiger partial charge on any atom is 0.264 e. The Morgan fingerprint density at radius 3 is 2.66 bits per heavy atom. The van der Waals surface area contributed by atoms with Crippen molar-refractivity contribution in [2.45, 2.75) is 38.6 Å². The van der Waals surface area contributed by atoms with Crippen LogP contribution >= 0.6 is 0 Å². The fourth-order valence-corrected chi connectivity index (χ4v) is 5.62. The molecular weight excluding hydrogens is 424 g/mol. The Balaban J connectivity index is 1.44. The molecule has 1 aliphatic heterocycles. The molecule has 0 bridgehead atoms. The van der Waals surface area contributed by atoms with Gasteiger partial charge in [0.2, 0.25) is 0 Å². The zero-order chi connectivity index (χ0) is 22.9. The summed E-state index contributed by atoms with van der Waals surface area (Å²) in [6, 6.07) is 15.8. The first kappa shape index (κ1) is 22.1. The molecule has 4 rings (SSSR count). The molecule has 3 aromatic rings. The Hall–Kier alpha value is -3.13. The summed E-state index contributed by atoms with van der Waals surface area (Å²) in [5, 5.41) is 7.38. The van der Waals surface area contributed by atoms with Gasteiger partial charge in [-0.25, -0.2) is 8.42 Å². The Labute approximate surface area is 189 Å². The second-order valence-corrected chi connectivity index (χ2v) is 10.3. The number of nitrogens with one attached hydrogen (secondary N) is 1. The van der Waals surface area contributed by atoms with Gasteiger partial charge in [0, 0.05) is 30.9 Å². The predicted octanol–water partition coefficient (Wildman–Crippen LogP) is 3.32. The lowest BCUT2D eigenvalue weighted by Gasteiger charge is -2.20. The Kier molecular flexibility index (Phi) is 6.06. The predicted molar refractivity (Wildman–Crippen MR) is 124 cm³/mol. The zero-order valence-corrected chi connectivity index (χ0v) is 19.4. The van der Waals surface area contributed by atoms with Crippen molar-refractivity contribution in [3.05, 3.63) is 77.1 Å². The zero-order valence-electron chi connectivity index (χ0n) is 18.6. The number of para-hydroxylation sites is 1. The molecule has 0 saturated carbocycles. The summed E-state index contributed by atoms with van der Waals surface area (Å²) in [7, 11) is -3.74. The molecule has 8 heteroatoms. The van der Waals surface area contributed by atoms with E-state index in [4.69, 9.17) is 0 Å². The first-order chi connectivity index (χ1) is 15.3. The molecule has 168 valence electrons. The van der Waals surface area contributed by atoms with Crippen LogP contribution in [-0.4, -0.2) is 37.2 Å². The molecule has 7 nitrogen and oxygen atoms in total. The molecule has 1 amide bonds. The monoisotopic (exact) mass is 452 g/mol. The van der Waals surface area contributed by atoms with E-state index >= 15 is 0 Å². The van der Waals surface area contributed by atoms with Crippen molar-refractivity contribution in [1.82, 2.24) is 15.1 Å². The highest BCUT2D eigenvalue weighted by Crippen LogP contribution is 2.32. The van der Waals surface area contributed by atoms with Gasteiger partial charge in [0.25, 0.3) is 15.9 Å². The maximum atomic E-state index is 13.3. The SMILES string of the molecule is Cc1cc(C)n(CC(C)CNC(=O)c2cccc(S(=O)(=O)N3CCc4ccccc43)c2)n1. The molecule has 2 aromatic carbocycles. The summed E-state index contributed by atoms with van der Waals surface area (Å²) in [6.45, 7) is 7.58. The largest absolute Gasteiger partial charge is 0.352 e. The van der Waals surface area contributed by atoms with Gasteiger partial charge in [-0.2, -0.15) is 5.10 Å². The molecule has 1 aliphatic rings. The van der Waals surface area contributed by atoms with E-state index in [-0.39, 0.29) is 16.7 Å². The van der Waals surface area contributed by atoms with Crippen molar-refractivity contribution in [3.8, 4) is 0 Å². The minimum atomic E-state index is -3.74. The molecule has 2 heterocycles. The quantitative estimate of drug-likeness (QED) is 0.596. The van der Waals surface area contributed by atoms with Crippen molar-refractivity contribution in [1.29, 1.82) is 0 Å². The minimum Gasteiger partial charge on any atom is -0.352 e. The highest BCUT2D eigenvalue weighted by Gasteiger charge is 2.31. The van der Waals surface area contributed by atoms with Crippen molar-refractivity contribution in [2.24, 2.45) is 5.92 Å². The third kappa shape index (κ3) is 4.41. The van der Waals surface area contributed by atoms with Gasteiger partial charge in [-0.05, 0) is 62.1 Å². The number of anilines is 1. The number of amides is 1. The third-order valence-corrected chi connectivity index (χ3v) is 7.54. The topological polar surface area (TPSA) is 84.3 Å². The lowest BCUT2D eigenvalue weighted by molar-refractivity contribution is 0.0946. The van der Waals surface area contributed by atoms with Crippen molar-refractivity contribution in [3.63, 3.8) is 0 Å². The smallest absolute Gasteiger partial charge is 0.264 e. The fourth-order valence-electron chi connectivity index (χ4n) is 4.07. The van der Waals surface area contributed by atoms with Gasteiger partial charge in [-0.3, -0.25) is 13.8 Å². The molecule has 0 fully saturated rings. The van der Waals surface area contributed by atoms with E-state index in [1.165, 1.54) is 10.4 Å². The van der Waals surface area contributed by atoms with Crippen LogP contribution in [-0.2, 0) is 23.0 Å². The van der Waals surface area contributed by atoms with E-state index in [1.807, 2.05) is 55.8 Å². The first-order valence-electron chi connectivity index (χ1n) is 10.8. The standard InChI is InChI=1S/C24H28N4O3S/c1-17(16-27-19(3)13-18(2)26-27)15-25-24(29)21-8-6-9-22(14-21)32(30,31)28-12-11-20-7-4-5-10-23(20)28/h4-10,13-14,17H,11-12,15-16H2,1-3H3,(H,25,29). The Bertz CT molecular complexity index is 1250. The Morgan fingerprint density at radius 1 is 1.12 bits per heavy atom. The van der Waals surface area contributed by atoms with E-state index in [9.17, 15) is 13.2 Å². The molecule has 0 aliphatic carbocycles. The fraction of sp³-hybridized carbons (Fsp3) is 0.333. The summed E-state index contributed by atoms with van der Waals surface area (Å²) >= 11 is 0. The highest BCUT2D eigenvalue weighted by atomic mass is 32.2. The lowest BCUT2D eigenvalue weighted by Crippen LogP contribution is -2.31. The van der Waals surface area contributed by atoms with Gasteiger partial charge in [0.05, 0.1) is 16.3 Å². The van der Waals surface area contributed by atoms with Crippen LogP contribution in [0.25, 0.3) is 0 Å². The van der Waals surface area contributed by atoms with Crippen LogP contribution in [0.3, 0.4) is 0 Å². The van der Waals surface area contributed by atoms with Crippen LogP contribution in [0, 0.1) is 19.8 Å². The number of carbonyl (C=O) groups excluding carboxylic acids is 1. The van der Waals surface area contributed by atoms with Crippen LogP contribution in [0.4, 0.5) is 5.69 Å². The normalized spacial score (nSPS) is 14.3. The number of fused-ring (bicyclic) bond motifs is 1. The molecular formula is C24H28N4O3S. The highest BCUT2D eigenvalue weighted by molar-refractivity contribution is 7.92. The van der Waals surface area contributed by atoms with Crippen LogP contribution in [0.15, 0.2) is 59.5 Å². The van der Waals surface area contributed by atoms with E-state index in [0.29, 0.717) is 37.3 Å². The molecule has 1 unspecified atom stereocenters. The molecule has 0 spiro atoms. The minimum absolute atomic E-state index is 0.123. The van der Waals surface area contributed by atoms with Crippen molar-refractivity contribution in [2.75, 3.05) is 17.4 Å². The van der Waals surface area contributed by atoms with Gasteiger partial charge >= 0.3 is 0 Å². The van der Waals surface area contributed by atoms with Gasteiger partial charge in [-0.15, -0.1) is 0 Å². The van der Waals surface area contributed by atoms with Crippen LogP contribution < -0.4 is 9.62 Å². The molecule has 1 aromatic heterocycles. The molecule has 1 N–H and O–H groups in total. The van der Waals surface area contributed by atoms with Crippen molar-refractivity contribution < 1.29 is 13.2 Å². The summed E-state index contributed by atoms with van der Waals surface area (Å²) in [5.41, 5.74) is 4.11. The molecule has 1 atom stereocenters. The van der Waals surface area contributed by atoms with Gasteiger partial charge in [0.1, 0.15) is 0 Å². The third-order valence-electron chi connectivity index (χ3n) is 5.73. The average Bonchev–Trinajstić information content (AvgIpc) is 3.35. The molecule has 32 heavy (non-hydrogen) atoms. The van der Waals surface area contributed by atoms with E-state index in [0.717, 1.165) is 17.0 Å².